The van der Waals surface area contributed by atoms with Crippen molar-refractivity contribution < 1.29 is 151 Å². The second kappa shape index (κ2) is 40.6. The van der Waals surface area contributed by atoms with Crippen LogP contribution < -0.4 is 16.0 Å². The van der Waals surface area contributed by atoms with Crippen LogP contribution in [-0.4, -0.2) is 275 Å². The molecule has 6 rings (SSSR count). The van der Waals surface area contributed by atoms with Crippen molar-refractivity contribution in [2.75, 3.05) is 19.8 Å². The lowest BCUT2D eigenvalue weighted by Crippen LogP contribution is -2.71. The van der Waals surface area contributed by atoms with Crippen molar-refractivity contribution >= 4 is 37.8 Å². The fourth-order valence-electron chi connectivity index (χ4n) is 13.6. The Balaban J connectivity index is 1.20. The van der Waals surface area contributed by atoms with E-state index in [2.05, 4.69) is 81.5 Å². The van der Waals surface area contributed by atoms with E-state index in [0.29, 0.717) is 6.42 Å². The summed E-state index contributed by atoms with van der Waals surface area (Å²) >= 11 is 0. The number of ether oxygens (including phenoxy) is 11. The van der Waals surface area contributed by atoms with Crippen molar-refractivity contribution in [3.05, 3.63) is 70.7 Å². The number of rotatable bonds is 38. The first kappa shape index (κ1) is 94.0. The van der Waals surface area contributed by atoms with E-state index in [9.17, 15) is 89.6 Å². The molecule has 1 aliphatic carbocycles. The minimum absolute atomic E-state index is 0.0469. The predicted octanol–water partition coefficient (Wildman–Crippen LogP) is 2.71. The van der Waals surface area contributed by atoms with Gasteiger partial charge in [-0.25, -0.2) is 4.57 Å². The molecule has 5 heterocycles. The van der Waals surface area contributed by atoms with Gasteiger partial charge in [0, 0.05) is 32.6 Å². The number of Topliss-reactive ketones (excluding diaryl/α,β-unsaturated/α-hetero) is 1. The van der Waals surface area contributed by atoms with Crippen LogP contribution in [-0.2, 0) is 89.7 Å². The van der Waals surface area contributed by atoms with Gasteiger partial charge in [0.25, 0.3) is 12.4 Å². The van der Waals surface area contributed by atoms with E-state index >= 15 is 0 Å². The van der Waals surface area contributed by atoms with Crippen LogP contribution in [0.3, 0.4) is 0 Å². The second-order valence-corrected chi connectivity index (χ2v) is 33.2. The summed E-state index contributed by atoms with van der Waals surface area (Å²) < 4.78 is 92.6. The lowest BCUT2D eigenvalue weighted by atomic mass is 9.74. The van der Waals surface area contributed by atoms with Crippen molar-refractivity contribution in [1.29, 1.82) is 0 Å². The largest absolute Gasteiger partial charge is 0.510 e. The number of nitrogens with one attached hydrogen (secondary N) is 3. The third-order valence-electron chi connectivity index (χ3n) is 20.7. The summed E-state index contributed by atoms with van der Waals surface area (Å²) in [5.74, 6) is -5.10. The molecule has 0 aromatic rings. The molecular weight excluding hydrogens is 1470 g/mol. The van der Waals surface area contributed by atoms with E-state index in [1.165, 1.54) is 58.3 Å². The Morgan fingerprint density at radius 2 is 1.27 bits per heavy atom. The number of phosphoric ester groups is 1. The summed E-state index contributed by atoms with van der Waals surface area (Å²) in [6, 6.07) is -3.54. The monoisotopic (exact) mass is 1590 g/mol. The number of hydrogen-bond donors (Lipinski definition) is 15. The number of ketones is 1. The lowest BCUT2D eigenvalue weighted by molar-refractivity contribution is -0.369. The Kier molecular flexibility index (Phi) is 34.7. The van der Waals surface area contributed by atoms with Crippen molar-refractivity contribution in [2.24, 2.45) is 11.3 Å². The zero-order valence-corrected chi connectivity index (χ0v) is 66.8. The van der Waals surface area contributed by atoms with Gasteiger partial charge in [0.1, 0.15) is 115 Å². The molecule has 35 heteroatoms. The quantitative estimate of drug-likeness (QED) is 0.0183. The number of carbonyl (C=O) groups is 5. The van der Waals surface area contributed by atoms with E-state index in [0.717, 1.165) is 64.4 Å². The number of aliphatic hydroxyl groups is 11. The van der Waals surface area contributed by atoms with E-state index in [1.54, 1.807) is 13.8 Å². The van der Waals surface area contributed by atoms with Crippen LogP contribution in [0.1, 0.15) is 175 Å². The van der Waals surface area contributed by atoms with Gasteiger partial charge in [-0.2, -0.15) is 0 Å². The van der Waals surface area contributed by atoms with Gasteiger partial charge in [0.2, 0.25) is 18.1 Å². The summed E-state index contributed by atoms with van der Waals surface area (Å²) in [5, 5.41) is 130. The SMILES string of the molecule is C=C(C/C=C(\C)CCC=C(C)C)CCC(C)(C)/C=C/CC/C(C)=C\CC(C)(C)O[C@H](COP(=O)(O)OC(C)(C)C1OC(C)C(C)(O)C(C)C1OC1OC(COC2OC(CO)C(O)C(O)C2O)C(OC2OC(C)C(OC3OC(C(=O)NC4=C(O)CCC4=O)C(O)C(O)C3O)C(O)C2NC(C)=O)C(O)C1NC(C)=O)OC=O. The Bertz CT molecular complexity index is 3300. The first-order chi connectivity index (χ1) is 51.1. The Morgan fingerprint density at radius 1 is 0.700 bits per heavy atom. The van der Waals surface area contributed by atoms with Gasteiger partial charge >= 0.3 is 7.82 Å². The minimum atomic E-state index is -5.30. The van der Waals surface area contributed by atoms with Crippen LogP contribution >= 0.6 is 7.82 Å². The fraction of sp³-hybridized carbons (Fsp3) is 0.773. The third kappa shape index (κ3) is 25.8. The molecule has 0 aromatic heterocycles. The van der Waals surface area contributed by atoms with Gasteiger partial charge < -0.3 is 129 Å². The highest BCUT2D eigenvalue weighted by Crippen LogP contribution is 2.52. The standard InChI is InChI=1S/C75H122N3O31P/c1-37(2)21-20-23-38(3)24-25-40(5)28-31-72(11,12)30-19-18-22-39(4)29-32-73(13,14)108-50(98-36-80)35-99-110(95,96)109-74(15,16)66-62(41(6)75(17,94)43(8)101-66)104-69-53(77-45(10)82)56(87)64(49(103-69)34-97-70-60(91)57(88)54(85)48(33-79)102-70)106-68-52(76-44(9)81)55(86)63(42(7)100-68)105-71-61(92)58(89)59(90)65(107-71)67(93)78-51-46(83)26-27-47(51)84/h19,21,24,29-30,36,41-43,48-50,52-66,68-71,79,83,85-92,94H,5,18,20,22-23,25-28,31-35H2,1-4,6-17H3,(H,76,81)(H,77,82)(H,78,93)(H,95,96)/b30-19+,38-24+,39-29-/t41?,42?,43?,48?,49?,50-,52?,53?,54?,55?,56?,57?,58?,59?,60?,61?,62?,63?,64?,65?,66?,68?,69?,70?,71?,75?/m1/s1. The fourth-order valence-corrected chi connectivity index (χ4v) is 14.7. The molecule has 0 radical (unpaired) electrons. The molecule has 628 valence electrons. The highest BCUT2D eigenvalue weighted by molar-refractivity contribution is 7.47. The normalized spacial score (nSPS) is 35.8. The smallest absolute Gasteiger partial charge is 0.473 e. The first-order valence-electron chi connectivity index (χ1n) is 37.3. The summed E-state index contributed by atoms with van der Waals surface area (Å²) in [6.07, 6.45) is -23.0. The topological polar surface area (TPSA) is 501 Å². The highest BCUT2D eigenvalue weighted by Gasteiger charge is 2.60. The molecule has 0 spiro atoms. The van der Waals surface area contributed by atoms with Gasteiger partial charge in [-0.1, -0.05) is 80.0 Å². The number of allylic oxidation sites excluding steroid dienone is 10. The molecule has 5 aliphatic heterocycles. The first-order valence-corrected chi connectivity index (χ1v) is 38.8. The van der Waals surface area contributed by atoms with Gasteiger partial charge in [-0.15, -0.1) is 0 Å². The molecular formula is C75H122N3O31P. The maximum atomic E-state index is 14.2. The van der Waals surface area contributed by atoms with E-state index in [4.69, 9.17) is 61.2 Å². The van der Waals surface area contributed by atoms with Gasteiger partial charge in [-0.3, -0.25) is 33.0 Å². The summed E-state index contributed by atoms with van der Waals surface area (Å²) in [4.78, 5) is 75.6. The molecule has 0 bridgehead atoms. The maximum absolute atomic E-state index is 14.2. The van der Waals surface area contributed by atoms with Crippen LogP contribution in [0, 0.1) is 11.3 Å². The molecule has 5 saturated heterocycles. The molecule has 110 heavy (non-hydrogen) atoms. The Hall–Kier alpha value is -4.90. The van der Waals surface area contributed by atoms with Crippen LogP contribution in [0.5, 0.6) is 0 Å². The zero-order valence-electron chi connectivity index (χ0n) is 65.9. The van der Waals surface area contributed by atoms with Crippen molar-refractivity contribution in [3.8, 4) is 0 Å². The molecule has 15 N–H and O–H groups in total. The summed E-state index contributed by atoms with van der Waals surface area (Å²) in [6.45, 7) is 28.6. The predicted molar refractivity (Wildman–Crippen MR) is 390 cm³/mol. The van der Waals surface area contributed by atoms with Crippen LogP contribution in [0.2, 0.25) is 0 Å². The third-order valence-corrected chi connectivity index (χ3v) is 21.9. The molecule has 26 unspecified atom stereocenters. The van der Waals surface area contributed by atoms with Crippen LogP contribution in [0.15, 0.2) is 70.7 Å². The number of carbonyl (C=O) groups excluding carboxylic acids is 5. The van der Waals surface area contributed by atoms with E-state index < -0.39 is 233 Å². The molecule has 3 amide bonds. The summed E-state index contributed by atoms with van der Waals surface area (Å²) in [7, 11) is -5.30. The zero-order chi connectivity index (χ0) is 82.5. The second-order valence-electron chi connectivity index (χ2n) is 31.9. The number of hydrogen-bond acceptors (Lipinski definition) is 30. The molecule has 5 fully saturated rings. The van der Waals surface area contributed by atoms with Crippen molar-refractivity contribution in [2.45, 2.75) is 339 Å². The lowest BCUT2D eigenvalue weighted by Gasteiger charge is -2.54. The highest BCUT2D eigenvalue weighted by atomic mass is 31.2. The average Bonchev–Trinajstić information content (AvgIpc) is 0.822. The van der Waals surface area contributed by atoms with Crippen LogP contribution in [0.4, 0.5) is 0 Å². The van der Waals surface area contributed by atoms with Crippen molar-refractivity contribution in [1.82, 2.24) is 16.0 Å². The van der Waals surface area contributed by atoms with E-state index in [1.807, 2.05) is 13.0 Å². The van der Waals surface area contributed by atoms with E-state index in [-0.39, 0.29) is 24.7 Å². The van der Waals surface area contributed by atoms with Crippen molar-refractivity contribution in [3.63, 3.8) is 0 Å². The number of amides is 3. The molecule has 27 atom stereocenters. The Labute approximate surface area is 643 Å². The molecule has 34 nitrogen and oxygen atoms in total. The van der Waals surface area contributed by atoms with Gasteiger partial charge in [0.15, 0.2) is 37.0 Å². The molecule has 0 saturated carbocycles. The number of aliphatic hydroxyl groups excluding tert-OH is 10. The van der Waals surface area contributed by atoms with Crippen LogP contribution in [0.25, 0.3) is 0 Å². The van der Waals surface area contributed by atoms with Gasteiger partial charge in [-0.05, 0) is 133 Å². The Morgan fingerprint density at radius 3 is 1.87 bits per heavy atom. The average molecular weight is 1590 g/mol. The molecule has 0 aromatic carbocycles. The summed E-state index contributed by atoms with van der Waals surface area (Å²) in [5.41, 5.74) is -0.441. The van der Waals surface area contributed by atoms with Gasteiger partial charge in [0.05, 0.1) is 42.7 Å². The molecule has 6 aliphatic rings. The number of phosphoric acid groups is 1. The maximum Gasteiger partial charge on any atom is 0.473 e. The minimum Gasteiger partial charge on any atom is -0.510 e.